The molecule has 19 heavy (non-hydrogen) atoms. The van der Waals surface area contributed by atoms with Crippen LogP contribution in [-0.2, 0) is 6.42 Å². The summed E-state index contributed by atoms with van der Waals surface area (Å²) in [6.45, 7) is 0.716. The number of nitrogens with zero attached hydrogens (tertiary/aromatic N) is 2. The molecule has 0 atom stereocenters. The van der Waals surface area contributed by atoms with E-state index in [1.54, 1.807) is 29.8 Å². The van der Waals surface area contributed by atoms with Gasteiger partial charge in [0.25, 0.3) is 0 Å². The van der Waals surface area contributed by atoms with Crippen molar-refractivity contribution in [1.82, 2.24) is 9.97 Å². The molecule has 2 aromatic heterocycles. The van der Waals surface area contributed by atoms with E-state index in [2.05, 4.69) is 15.3 Å². The maximum atomic E-state index is 13.0. The molecule has 0 bridgehead atoms. The fourth-order valence-electron chi connectivity index (χ4n) is 1.93. The highest BCUT2D eigenvalue weighted by Gasteiger charge is 2.04. The zero-order chi connectivity index (χ0) is 13.1. The minimum Gasteiger partial charge on any atom is -0.368 e. The first kappa shape index (κ1) is 12.0. The Bertz CT molecular complexity index is 696. The normalized spacial score (nSPS) is 10.8. The van der Waals surface area contributed by atoms with Gasteiger partial charge in [-0.1, -0.05) is 12.1 Å². The predicted molar refractivity (Wildman–Crippen MR) is 76.0 cm³/mol. The summed E-state index contributed by atoms with van der Waals surface area (Å²) in [7, 11) is 0. The summed E-state index contributed by atoms with van der Waals surface area (Å²) >= 11 is 1.62. The van der Waals surface area contributed by atoms with Crippen molar-refractivity contribution in [3.05, 3.63) is 53.4 Å². The Hall–Kier alpha value is -2.01. The SMILES string of the molecule is Fc1cccc(CCNc2ncnc3ccsc23)c1. The number of halogens is 1. The second-order valence-electron chi connectivity index (χ2n) is 4.16. The van der Waals surface area contributed by atoms with Crippen molar-refractivity contribution in [2.24, 2.45) is 0 Å². The van der Waals surface area contributed by atoms with Gasteiger partial charge < -0.3 is 5.32 Å². The molecule has 0 amide bonds. The summed E-state index contributed by atoms with van der Waals surface area (Å²) < 4.78 is 14.1. The van der Waals surface area contributed by atoms with Crippen molar-refractivity contribution in [2.45, 2.75) is 6.42 Å². The second kappa shape index (κ2) is 5.32. The number of thiophene rings is 1. The third-order valence-electron chi connectivity index (χ3n) is 2.84. The van der Waals surface area contributed by atoms with E-state index < -0.39 is 0 Å². The van der Waals surface area contributed by atoms with E-state index in [0.29, 0.717) is 6.54 Å². The standard InChI is InChI=1S/C14H12FN3S/c15-11-3-1-2-10(8-11)4-6-16-14-13-12(5-7-19-13)17-9-18-14/h1-3,5,7-9H,4,6H2,(H,16,17,18). The fraction of sp³-hybridized carbons (Fsp3) is 0.143. The molecule has 0 saturated heterocycles. The van der Waals surface area contributed by atoms with Gasteiger partial charge in [0.2, 0.25) is 0 Å². The lowest BCUT2D eigenvalue weighted by atomic mass is 10.1. The van der Waals surface area contributed by atoms with Gasteiger partial charge in [0, 0.05) is 6.54 Å². The summed E-state index contributed by atoms with van der Waals surface area (Å²) in [6, 6.07) is 8.64. The molecule has 5 heteroatoms. The molecule has 0 saturated carbocycles. The van der Waals surface area contributed by atoms with Crippen molar-refractivity contribution in [1.29, 1.82) is 0 Å². The molecular formula is C14H12FN3S. The Morgan fingerprint density at radius 3 is 3.05 bits per heavy atom. The molecular weight excluding hydrogens is 261 g/mol. The van der Waals surface area contributed by atoms with Gasteiger partial charge in [-0.2, -0.15) is 0 Å². The number of benzene rings is 1. The highest BCUT2D eigenvalue weighted by molar-refractivity contribution is 7.17. The number of fused-ring (bicyclic) bond motifs is 1. The summed E-state index contributed by atoms with van der Waals surface area (Å²) in [4.78, 5) is 8.43. The van der Waals surface area contributed by atoms with Gasteiger partial charge in [-0.25, -0.2) is 14.4 Å². The van der Waals surface area contributed by atoms with Gasteiger partial charge in [-0.3, -0.25) is 0 Å². The summed E-state index contributed by atoms with van der Waals surface area (Å²) in [5.41, 5.74) is 1.93. The van der Waals surface area contributed by atoms with Crippen molar-refractivity contribution >= 4 is 27.4 Å². The zero-order valence-electron chi connectivity index (χ0n) is 10.1. The number of hydrogen-bond acceptors (Lipinski definition) is 4. The van der Waals surface area contributed by atoms with Crippen LogP contribution in [0.4, 0.5) is 10.2 Å². The number of aromatic nitrogens is 2. The van der Waals surface area contributed by atoms with Crippen LogP contribution in [0, 0.1) is 5.82 Å². The van der Waals surface area contributed by atoms with E-state index in [0.717, 1.165) is 28.0 Å². The first-order chi connectivity index (χ1) is 9.33. The molecule has 3 aromatic rings. The molecule has 0 radical (unpaired) electrons. The minimum absolute atomic E-state index is 0.194. The average Bonchev–Trinajstić information content (AvgIpc) is 2.88. The van der Waals surface area contributed by atoms with Gasteiger partial charge in [-0.05, 0) is 35.6 Å². The van der Waals surface area contributed by atoms with Gasteiger partial charge in [0.1, 0.15) is 18.0 Å². The van der Waals surface area contributed by atoms with Crippen LogP contribution in [0.25, 0.3) is 10.2 Å². The molecule has 0 aliphatic heterocycles. The predicted octanol–water partition coefficient (Wildman–Crippen LogP) is 3.49. The third-order valence-corrected chi connectivity index (χ3v) is 3.75. The molecule has 0 aliphatic rings. The van der Waals surface area contributed by atoms with E-state index in [-0.39, 0.29) is 5.82 Å². The quantitative estimate of drug-likeness (QED) is 0.790. The Kier molecular flexibility index (Phi) is 3.37. The van der Waals surface area contributed by atoms with Gasteiger partial charge >= 0.3 is 0 Å². The van der Waals surface area contributed by atoms with Crippen LogP contribution in [0.5, 0.6) is 0 Å². The van der Waals surface area contributed by atoms with Crippen LogP contribution in [0.1, 0.15) is 5.56 Å². The Balaban J connectivity index is 1.68. The van der Waals surface area contributed by atoms with Crippen LogP contribution < -0.4 is 5.32 Å². The first-order valence-electron chi connectivity index (χ1n) is 5.99. The van der Waals surface area contributed by atoms with E-state index in [9.17, 15) is 4.39 Å². The van der Waals surface area contributed by atoms with Crippen LogP contribution in [0.2, 0.25) is 0 Å². The monoisotopic (exact) mass is 273 g/mol. The van der Waals surface area contributed by atoms with E-state index in [1.807, 2.05) is 17.5 Å². The van der Waals surface area contributed by atoms with Gasteiger partial charge in [0.15, 0.2) is 0 Å². The zero-order valence-corrected chi connectivity index (χ0v) is 11.0. The lowest BCUT2D eigenvalue weighted by Crippen LogP contribution is -2.06. The third kappa shape index (κ3) is 2.71. The highest BCUT2D eigenvalue weighted by Crippen LogP contribution is 2.24. The number of nitrogens with one attached hydrogen (secondary N) is 1. The molecule has 1 aromatic carbocycles. The van der Waals surface area contributed by atoms with Gasteiger partial charge in [-0.15, -0.1) is 11.3 Å². The first-order valence-corrected chi connectivity index (χ1v) is 6.87. The lowest BCUT2D eigenvalue weighted by molar-refractivity contribution is 0.625. The Morgan fingerprint density at radius 2 is 2.16 bits per heavy atom. The Morgan fingerprint density at radius 1 is 1.21 bits per heavy atom. The topological polar surface area (TPSA) is 37.8 Å². The molecule has 96 valence electrons. The highest BCUT2D eigenvalue weighted by atomic mass is 32.1. The summed E-state index contributed by atoms with van der Waals surface area (Å²) in [6.07, 6.45) is 2.31. The van der Waals surface area contributed by atoms with Crippen LogP contribution in [0.15, 0.2) is 42.0 Å². The van der Waals surface area contributed by atoms with Crippen molar-refractivity contribution in [3.63, 3.8) is 0 Å². The minimum atomic E-state index is -0.194. The Labute approximate surface area is 114 Å². The van der Waals surface area contributed by atoms with Crippen LogP contribution in [0.3, 0.4) is 0 Å². The molecule has 0 unspecified atom stereocenters. The van der Waals surface area contributed by atoms with Crippen molar-refractivity contribution in [3.8, 4) is 0 Å². The van der Waals surface area contributed by atoms with E-state index in [4.69, 9.17) is 0 Å². The molecule has 3 rings (SSSR count). The maximum Gasteiger partial charge on any atom is 0.147 e. The smallest absolute Gasteiger partial charge is 0.147 e. The number of anilines is 1. The lowest BCUT2D eigenvalue weighted by Gasteiger charge is -2.06. The maximum absolute atomic E-state index is 13.0. The average molecular weight is 273 g/mol. The summed E-state index contributed by atoms with van der Waals surface area (Å²) in [5.74, 6) is 0.650. The molecule has 0 spiro atoms. The number of hydrogen-bond donors (Lipinski definition) is 1. The largest absolute Gasteiger partial charge is 0.368 e. The second-order valence-corrected chi connectivity index (χ2v) is 5.08. The van der Waals surface area contributed by atoms with E-state index >= 15 is 0 Å². The van der Waals surface area contributed by atoms with Gasteiger partial charge in [0.05, 0.1) is 10.2 Å². The summed E-state index contributed by atoms with van der Waals surface area (Å²) in [5, 5.41) is 5.28. The van der Waals surface area contributed by atoms with Crippen LogP contribution in [-0.4, -0.2) is 16.5 Å². The molecule has 0 aliphatic carbocycles. The number of rotatable bonds is 4. The molecule has 3 nitrogen and oxygen atoms in total. The molecule has 2 heterocycles. The molecule has 0 fully saturated rings. The van der Waals surface area contributed by atoms with Crippen LogP contribution >= 0.6 is 11.3 Å². The fourth-order valence-corrected chi connectivity index (χ4v) is 2.74. The van der Waals surface area contributed by atoms with Crippen molar-refractivity contribution < 1.29 is 4.39 Å². The van der Waals surface area contributed by atoms with Crippen molar-refractivity contribution in [2.75, 3.05) is 11.9 Å². The molecule has 1 N–H and O–H groups in total. The van der Waals surface area contributed by atoms with E-state index in [1.165, 1.54) is 6.07 Å².